The van der Waals surface area contributed by atoms with Gasteiger partial charge >= 0.3 is 0 Å². The number of carbonyl (C=O) groups excluding carboxylic acids is 1. The van der Waals surface area contributed by atoms with Crippen molar-refractivity contribution in [3.63, 3.8) is 0 Å². The molecule has 0 aliphatic rings. The molecule has 2 N–H and O–H groups in total. The maximum Gasteiger partial charge on any atom is 0.232 e. The van der Waals surface area contributed by atoms with Gasteiger partial charge in [-0.25, -0.2) is 14.4 Å². The van der Waals surface area contributed by atoms with Gasteiger partial charge < -0.3 is 10.3 Å². The number of H-pyrrole nitrogens is 1. The van der Waals surface area contributed by atoms with Gasteiger partial charge in [-0.3, -0.25) is 9.78 Å². The van der Waals surface area contributed by atoms with Gasteiger partial charge in [-0.05, 0) is 61.0 Å². The molecule has 0 saturated heterocycles. The fourth-order valence-electron chi connectivity index (χ4n) is 3.81. The number of amides is 1. The maximum atomic E-state index is 14.0. The number of halogens is 2. The second-order valence-electron chi connectivity index (χ2n) is 7.81. The van der Waals surface area contributed by atoms with E-state index in [0.29, 0.717) is 39.4 Å². The van der Waals surface area contributed by atoms with Crippen molar-refractivity contribution in [2.45, 2.75) is 12.8 Å². The van der Waals surface area contributed by atoms with Gasteiger partial charge in [0.2, 0.25) is 11.9 Å². The van der Waals surface area contributed by atoms with Crippen molar-refractivity contribution in [1.29, 1.82) is 0 Å². The number of pyridine rings is 3. The van der Waals surface area contributed by atoms with Crippen LogP contribution in [-0.4, -0.2) is 25.8 Å². The molecular formula is C26H19F2N5O. The van der Waals surface area contributed by atoms with E-state index in [0.717, 1.165) is 5.56 Å². The molecular weight excluding hydrogens is 436 g/mol. The van der Waals surface area contributed by atoms with E-state index in [9.17, 15) is 13.6 Å². The first-order valence-electron chi connectivity index (χ1n) is 10.6. The standard InChI is InChI=1S/C26H19F2N5O/c1-15(16-5-7-18(27)8-6-16)26(34)33-22-14-17(11-13-30-22)24-23(19-4-2-3-12-29-19)25-20(31-24)9-10-21(28)32-25/h2-15,31H,1H3,(H,30,33,34). The van der Waals surface area contributed by atoms with Gasteiger partial charge in [0, 0.05) is 18.0 Å². The van der Waals surface area contributed by atoms with E-state index in [1.165, 1.54) is 18.2 Å². The minimum atomic E-state index is -0.590. The Bertz CT molecular complexity index is 1480. The zero-order chi connectivity index (χ0) is 23.7. The van der Waals surface area contributed by atoms with E-state index in [4.69, 9.17) is 0 Å². The van der Waals surface area contributed by atoms with E-state index in [2.05, 4.69) is 25.3 Å². The average molecular weight is 455 g/mol. The highest BCUT2D eigenvalue weighted by molar-refractivity contribution is 6.01. The first-order chi connectivity index (χ1) is 16.5. The number of hydrogen-bond acceptors (Lipinski definition) is 4. The van der Waals surface area contributed by atoms with Gasteiger partial charge in [0.15, 0.2) is 0 Å². The number of hydrogen-bond donors (Lipinski definition) is 2. The minimum absolute atomic E-state index is 0.276. The highest BCUT2D eigenvalue weighted by atomic mass is 19.1. The Morgan fingerprint density at radius 2 is 1.79 bits per heavy atom. The maximum absolute atomic E-state index is 14.0. The van der Waals surface area contributed by atoms with Crippen LogP contribution < -0.4 is 5.32 Å². The summed E-state index contributed by atoms with van der Waals surface area (Å²) in [5, 5.41) is 2.82. The SMILES string of the molecule is CC(C(=O)Nc1cc(-c2[nH]c3ccc(F)nc3c2-c2ccccn2)ccn1)c1ccc(F)cc1. The number of carbonyl (C=O) groups is 1. The lowest BCUT2D eigenvalue weighted by Crippen LogP contribution is -2.19. The van der Waals surface area contributed by atoms with Crippen molar-refractivity contribution in [1.82, 2.24) is 19.9 Å². The number of aromatic amines is 1. The molecule has 0 spiro atoms. The summed E-state index contributed by atoms with van der Waals surface area (Å²) in [6.07, 6.45) is 3.24. The van der Waals surface area contributed by atoms with E-state index < -0.39 is 11.9 Å². The molecule has 168 valence electrons. The normalized spacial score (nSPS) is 12.0. The smallest absolute Gasteiger partial charge is 0.232 e. The van der Waals surface area contributed by atoms with E-state index in [1.54, 1.807) is 55.7 Å². The molecule has 5 aromatic rings. The predicted octanol–water partition coefficient (Wildman–Crippen LogP) is 5.71. The molecule has 6 nitrogen and oxygen atoms in total. The minimum Gasteiger partial charge on any atom is -0.353 e. The fourth-order valence-corrected chi connectivity index (χ4v) is 3.81. The fraction of sp³-hybridized carbons (Fsp3) is 0.0769. The molecule has 5 rings (SSSR count). The first-order valence-corrected chi connectivity index (χ1v) is 10.6. The Morgan fingerprint density at radius 1 is 0.971 bits per heavy atom. The van der Waals surface area contributed by atoms with Crippen LogP contribution in [0.2, 0.25) is 0 Å². The van der Waals surface area contributed by atoms with Gasteiger partial charge in [0.1, 0.15) is 17.2 Å². The van der Waals surface area contributed by atoms with Crippen molar-refractivity contribution in [2.75, 3.05) is 5.32 Å². The van der Waals surface area contributed by atoms with Gasteiger partial charge in [-0.1, -0.05) is 18.2 Å². The van der Waals surface area contributed by atoms with Gasteiger partial charge in [-0.15, -0.1) is 0 Å². The molecule has 0 bridgehead atoms. The van der Waals surface area contributed by atoms with Crippen LogP contribution in [0, 0.1) is 11.8 Å². The Morgan fingerprint density at radius 3 is 2.56 bits per heavy atom. The Balaban J connectivity index is 1.52. The summed E-state index contributed by atoms with van der Waals surface area (Å²) in [5.74, 6) is -1.38. The van der Waals surface area contributed by atoms with E-state index in [-0.39, 0.29) is 11.7 Å². The summed E-state index contributed by atoms with van der Waals surface area (Å²) < 4.78 is 27.2. The lowest BCUT2D eigenvalue weighted by molar-refractivity contribution is -0.117. The molecule has 0 aliphatic heterocycles. The predicted molar refractivity (Wildman–Crippen MR) is 126 cm³/mol. The lowest BCUT2D eigenvalue weighted by Gasteiger charge is -2.13. The second kappa shape index (κ2) is 8.82. The summed E-state index contributed by atoms with van der Waals surface area (Å²) in [7, 11) is 0. The van der Waals surface area contributed by atoms with Gasteiger partial charge in [-0.2, -0.15) is 4.39 Å². The highest BCUT2D eigenvalue weighted by Gasteiger charge is 2.20. The molecule has 1 aromatic carbocycles. The molecule has 0 radical (unpaired) electrons. The summed E-state index contributed by atoms with van der Waals surface area (Å²) in [4.78, 5) is 28.9. The summed E-state index contributed by atoms with van der Waals surface area (Å²) in [6, 6.07) is 17.7. The molecule has 0 aliphatic carbocycles. The zero-order valence-electron chi connectivity index (χ0n) is 18.1. The van der Waals surface area contributed by atoms with Crippen LogP contribution >= 0.6 is 0 Å². The topological polar surface area (TPSA) is 83.6 Å². The van der Waals surface area contributed by atoms with Crippen LogP contribution in [0.15, 0.2) is 79.1 Å². The summed E-state index contributed by atoms with van der Waals surface area (Å²) in [5.41, 5.74) is 4.49. The molecule has 4 aromatic heterocycles. The third-order valence-electron chi connectivity index (χ3n) is 5.59. The van der Waals surface area contributed by atoms with E-state index >= 15 is 0 Å². The molecule has 1 amide bonds. The molecule has 1 atom stereocenters. The number of rotatable bonds is 5. The number of fused-ring (bicyclic) bond motifs is 1. The Labute approximate surface area is 193 Å². The number of anilines is 1. The quantitative estimate of drug-likeness (QED) is 0.333. The van der Waals surface area contributed by atoms with Crippen molar-refractivity contribution < 1.29 is 13.6 Å². The monoisotopic (exact) mass is 455 g/mol. The van der Waals surface area contributed by atoms with Crippen LogP contribution in [0.5, 0.6) is 0 Å². The summed E-state index contributed by atoms with van der Waals surface area (Å²) >= 11 is 0. The van der Waals surface area contributed by atoms with Crippen molar-refractivity contribution in [2.24, 2.45) is 0 Å². The van der Waals surface area contributed by atoms with Crippen LogP contribution in [0.25, 0.3) is 33.5 Å². The molecule has 8 heteroatoms. The Kier molecular flexibility index (Phi) is 5.55. The number of nitrogens with one attached hydrogen (secondary N) is 2. The van der Waals surface area contributed by atoms with Crippen molar-refractivity contribution in [3.8, 4) is 22.5 Å². The Hall–Kier alpha value is -4.46. The van der Waals surface area contributed by atoms with Crippen molar-refractivity contribution in [3.05, 3.63) is 96.5 Å². The third-order valence-corrected chi connectivity index (χ3v) is 5.59. The van der Waals surface area contributed by atoms with Crippen LogP contribution in [0.1, 0.15) is 18.4 Å². The second-order valence-corrected chi connectivity index (χ2v) is 7.81. The lowest BCUT2D eigenvalue weighted by atomic mass is 10.0. The third kappa shape index (κ3) is 4.13. The first kappa shape index (κ1) is 21.4. The number of nitrogens with zero attached hydrogens (tertiary/aromatic N) is 3. The van der Waals surface area contributed by atoms with Crippen molar-refractivity contribution >= 4 is 22.8 Å². The van der Waals surface area contributed by atoms with E-state index in [1.807, 2.05) is 12.1 Å². The largest absolute Gasteiger partial charge is 0.353 e. The van der Waals surface area contributed by atoms with Crippen LogP contribution in [-0.2, 0) is 4.79 Å². The van der Waals surface area contributed by atoms with Gasteiger partial charge in [0.05, 0.1) is 28.4 Å². The average Bonchev–Trinajstić information content (AvgIpc) is 3.23. The van der Waals surface area contributed by atoms with Crippen LogP contribution in [0.4, 0.5) is 14.6 Å². The number of benzene rings is 1. The zero-order valence-corrected chi connectivity index (χ0v) is 18.1. The molecule has 0 saturated carbocycles. The highest BCUT2D eigenvalue weighted by Crippen LogP contribution is 2.37. The van der Waals surface area contributed by atoms with Gasteiger partial charge in [0.25, 0.3) is 0 Å². The van der Waals surface area contributed by atoms with Crippen LogP contribution in [0.3, 0.4) is 0 Å². The number of aromatic nitrogens is 4. The molecule has 4 heterocycles. The summed E-state index contributed by atoms with van der Waals surface area (Å²) in [6.45, 7) is 1.74. The molecule has 34 heavy (non-hydrogen) atoms. The molecule has 0 fully saturated rings. The molecule has 1 unspecified atom stereocenters.